The standard InChI is InChI=1S/C27H36N2O3S/c1-18(2)15-26(30)29(21-7-8-21)16-27(31)28-13-11-25-23(12-14-33-25)24(28)17-32-22-9-5-20(6-10-22)19(3)4/h5-6,9-10,12,14,18-19,21,24H,7-8,11,13,15-17H2,1-4H3. The molecular weight excluding hydrogens is 432 g/mol. The first kappa shape index (κ1) is 23.8. The number of nitrogens with zero attached hydrogens (tertiary/aromatic N) is 2. The SMILES string of the molecule is CC(C)CC(=O)N(CC(=O)N1CCc2sccc2C1COc1ccc(C(C)C)cc1)C1CC1. The van der Waals surface area contributed by atoms with Gasteiger partial charge in [-0.1, -0.05) is 39.8 Å². The van der Waals surface area contributed by atoms with E-state index in [0.717, 1.165) is 25.0 Å². The molecule has 1 aliphatic heterocycles. The molecule has 5 nitrogen and oxygen atoms in total. The Morgan fingerprint density at radius 2 is 1.85 bits per heavy atom. The fourth-order valence-corrected chi connectivity index (χ4v) is 5.44. The maximum atomic E-state index is 13.5. The lowest BCUT2D eigenvalue weighted by molar-refractivity contribution is -0.143. The summed E-state index contributed by atoms with van der Waals surface area (Å²) >= 11 is 1.75. The molecular formula is C27H36N2O3S. The largest absolute Gasteiger partial charge is 0.491 e. The van der Waals surface area contributed by atoms with Gasteiger partial charge in [-0.2, -0.15) is 0 Å². The second kappa shape index (κ2) is 10.3. The van der Waals surface area contributed by atoms with Crippen LogP contribution in [0.5, 0.6) is 5.75 Å². The van der Waals surface area contributed by atoms with Gasteiger partial charge in [0.1, 0.15) is 18.9 Å². The summed E-state index contributed by atoms with van der Waals surface area (Å²) in [6.45, 7) is 9.72. The molecule has 2 aromatic rings. The molecule has 0 saturated heterocycles. The number of carbonyl (C=O) groups excluding carboxylic acids is 2. The van der Waals surface area contributed by atoms with Crippen LogP contribution in [0.2, 0.25) is 0 Å². The topological polar surface area (TPSA) is 49.9 Å². The predicted octanol–water partition coefficient (Wildman–Crippen LogP) is 5.41. The third-order valence-corrected chi connectivity index (χ3v) is 7.56. The number of fused-ring (bicyclic) bond motifs is 1. The van der Waals surface area contributed by atoms with Gasteiger partial charge in [-0.15, -0.1) is 11.3 Å². The fourth-order valence-electron chi connectivity index (χ4n) is 4.51. The van der Waals surface area contributed by atoms with Crippen LogP contribution in [0.3, 0.4) is 0 Å². The second-order valence-electron chi connectivity index (χ2n) is 10.0. The number of benzene rings is 1. The number of ether oxygens (including phenoxy) is 1. The Hall–Kier alpha value is -2.34. The number of rotatable bonds is 9. The van der Waals surface area contributed by atoms with Gasteiger partial charge in [0.2, 0.25) is 11.8 Å². The Morgan fingerprint density at radius 3 is 2.48 bits per heavy atom. The van der Waals surface area contributed by atoms with Crippen LogP contribution in [-0.4, -0.2) is 47.4 Å². The first-order valence-electron chi connectivity index (χ1n) is 12.2. The van der Waals surface area contributed by atoms with Gasteiger partial charge in [-0.05, 0) is 65.8 Å². The van der Waals surface area contributed by atoms with Crippen molar-refractivity contribution in [2.24, 2.45) is 5.92 Å². The maximum absolute atomic E-state index is 13.5. The summed E-state index contributed by atoms with van der Waals surface area (Å²) in [4.78, 5) is 31.4. The molecule has 33 heavy (non-hydrogen) atoms. The third kappa shape index (κ3) is 5.78. The zero-order valence-electron chi connectivity index (χ0n) is 20.3. The molecule has 0 spiro atoms. The van der Waals surface area contributed by atoms with E-state index in [-0.39, 0.29) is 30.4 Å². The molecule has 1 aromatic carbocycles. The predicted molar refractivity (Wildman–Crippen MR) is 133 cm³/mol. The van der Waals surface area contributed by atoms with Crippen molar-refractivity contribution in [1.82, 2.24) is 9.80 Å². The van der Waals surface area contributed by atoms with Crippen LogP contribution in [0.15, 0.2) is 35.7 Å². The molecule has 1 aliphatic carbocycles. The Morgan fingerprint density at radius 1 is 1.12 bits per heavy atom. The molecule has 2 amide bonds. The van der Waals surface area contributed by atoms with Gasteiger partial charge >= 0.3 is 0 Å². The van der Waals surface area contributed by atoms with Gasteiger partial charge in [0.15, 0.2) is 0 Å². The molecule has 2 heterocycles. The van der Waals surface area contributed by atoms with Gasteiger partial charge in [0.05, 0.1) is 6.04 Å². The molecule has 1 unspecified atom stereocenters. The molecule has 2 aliphatic rings. The van der Waals surface area contributed by atoms with Crippen LogP contribution in [0.25, 0.3) is 0 Å². The first-order chi connectivity index (χ1) is 15.8. The van der Waals surface area contributed by atoms with E-state index < -0.39 is 0 Å². The highest BCUT2D eigenvalue weighted by Gasteiger charge is 2.37. The van der Waals surface area contributed by atoms with E-state index in [1.807, 2.05) is 21.9 Å². The van der Waals surface area contributed by atoms with Gasteiger partial charge in [0.25, 0.3) is 0 Å². The van der Waals surface area contributed by atoms with Crippen LogP contribution in [-0.2, 0) is 16.0 Å². The lowest BCUT2D eigenvalue weighted by atomic mass is 10.00. The van der Waals surface area contributed by atoms with Crippen LogP contribution >= 0.6 is 11.3 Å². The summed E-state index contributed by atoms with van der Waals surface area (Å²) in [5.41, 5.74) is 2.47. The van der Waals surface area contributed by atoms with E-state index >= 15 is 0 Å². The fraction of sp³-hybridized carbons (Fsp3) is 0.556. The normalized spacial score (nSPS) is 17.9. The number of amides is 2. The second-order valence-corrected chi connectivity index (χ2v) is 11.0. The highest BCUT2D eigenvalue weighted by Crippen LogP contribution is 2.35. The summed E-state index contributed by atoms with van der Waals surface area (Å²) in [5, 5.41) is 2.10. The smallest absolute Gasteiger partial charge is 0.242 e. The van der Waals surface area contributed by atoms with E-state index in [1.54, 1.807) is 11.3 Å². The van der Waals surface area contributed by atoms with Crippen molar-refractivity contribution in [3.8, 4) is 5.75 Å². The lowest BCUT2D eigenvalue weighted by Crippen LogP contribution is -2.48. The first-order valence-corrected chi connectivity index (χ1v) is 13.1. The van der Waals surface area contributed by atoms with Crippen LogP contribution in [0, 0.1) is 5.92 Å². The summed E-state index contributed by atoms with van der Waals surface area (Å²) in [6, 6.07) is 10.5. The Kier molecular flexibility index (Phi) is 7.42. The molecule has 4 rings (SSSR count). The average Bonchev–Trinajstić information content (AvgIpc) is 3.50. The van der Waals surface area contributed by atoms with Crippen LogP contribution < -0.4 is 4.74 Å². The highest BCUT2D eigenvalue weighted by molar-refractivity contribution is 7.10. The molecule has 0 bridgehead atoms. The molecule has 1 saturated carbocycles. The van der Waals surface area contributed by atoms with E-state index in [0.29, 0.717) is 31.4 Å². The van der Waals surface area contributed by atoms with E-state index in [1.165, 1.54) is 16.0 Å². The minimum atomic E-state index is -0.126. The summed E-state index contributed by atoms with van der Waals surface area (Å²) in [6.07, 6.45) is 3.37. The number of hydrogen-bond donors (Lipinski definition) is 0. The third-order valence-electron chi connectivity index (χ3n) is 6.57. The van der Waals surface area contributed by atoms with E-state index in [9.17, 15) is 9.59 Å². The molecule has 6 heteroatoms. The Balaban J connectivity index is 1.47. The summed E-state index contributed by atoms with van der Waals surface area (Å²) in [7, 11) is 0. The average molecular weight is 469 g/mol. The molecule has 1 fully saturated rings. The number of thiophene rings is 1. The van der Waals surface area contributed by atoms with Crippen LogP contribution in [0.4, 0.5) is 0 Å². The lowest BCUT2D eigenvalue weighted by Gasteiger charge is -2.37. The van der Waals surface area contributed by atoms with E-state index in [4.69, 9.17) is 4.74 Å². The zero-order valence-corrected chi connectivity index (χ0v) is 21.1. The van der Waals surface area contributed by atoms with Crippen LogP contribution in [0.1, 0.15) is 74.9 Å². The Bertz CT molecular complexity index is 962. The minimum Gasteiger partial charge on any atom is -0.491 e. The summed E-state index contributed by atoms with van der Waals surface area (Å²) in [5.74, 6) is 1.72. The zero-order chi connectivity index (χ0) is 23.5. The van der Waals surface area contributed by atoms with Crippen molar-refractivity contribution in [2.75, 3.05) is 19.7 Å². The van der Waals surface area contributed by atoms with Crippen molar-refractivity contribution >= 4 is 23.2 Å². The van der Waals surface area contributed by atoms with Gasteiger partial charge < -0.3 is 14.5 Å². The van der Waals surface area contributed by atoms with Crippen molar-refractivity contribution in [2.45, 2.75) is 71.4 Å². The molecule has 0 N–H and O–H groups in total. The van der Waals surface area contributed by atoms with Crippen molar-refractivity contribution in [3.63, 3.8) is 0 Å². The van der Waals surface area contributed by atoms with Crippen molar-refractivity contribution < 1.29 is 14.3 Å². The van der Waals surface area contributed by atoms with Crippen molar-refractivity contribution in [3.05, 3.63) is 51.7 Å². The minimum absolute atomic E-state index is 0.0274. The van der Waals surface area contributed by atoms with Gasteiger partial charge in [-0.3, -0.25) is 9.59 Å². The van der Waals surface area contributed by atoms with Gasteiger partial charge in [0, 0.05) is 23.9 Å². The molecule has 1 aromatic heterocycles. The molecule has 0 radical (unpaired) electrons. The maximum Gasteiger partial charge on any atom is 0.242 e. The van der Waals surface area contributed by atoms with E-state index in [2.05, 4.69) is 51.3 Å². The summed E-state index contributed by atoms with van der Waals surface area (Å²) < 4.78 is 6.18. The molecule has 1 atom stereocenters. The Labute approximate surface area is 201 Å². The highest BCUT2D eigenvalue weighted by atomic mass is 32.1. The monoisotopic (exact) mass is 468 g/mol. The quantitative estimate of drug-likeness (QED) is 0.494. The van der Waals surface area contributed by atoms with Gasteiger partial charge in [-0.25, -0.2) is 0 Å². The van der Waals surface area contributed by atoms with Crippen molar-refractivity contribution in [1.29, 1.82) is 0 Å². The number of hydrogen-bond acceptors (Lipinski definition) is 4. The molecule has 178 valence electrons. The number of carbonyl (C=O) groups is 2.